The van der Waals surface area contributed by atoms with Gasteiger partial charge in [-0.15, -0.1) is 6.58 Å². The lowest BCUT2D eigenvalue weighted by atomic mass is 10.0. The summed E-state index contributed by atoms with van der Waals surface area (Å²) in [6.07, 6.45) is 1.39. The molecule has 1 aromatic carbocycles. The second-order valence-corrected chi connectivity index (χ2v) is 7.93. The van der Waals surface area contributed by atoms with E-state index < -0.39 is 29.6 Å². The molecule has 0 radical (unpaired) electrons. The summed E-state index contributed by atoms with van der Waals surface area (Å²) in [4.78, 5) is 38.1. The van der Waals surface area contributed by atoms with Crippen molar-refractivity contribution in [3.63, 3.8) is 0 Å². The van der Waals surface area contributed by atoms with Gasteiger partial charge in [0, 0.05) is 18.5 Å². The molecule has 1 aliphatic rings. The first-order chi connectivity index (χ1) is 13.0. The van der Waals surface area contributed by atoms with Crippen LogP contribution >= 0.6 is 0 Å². The van der Waals surface area contributed by atoms with Crippen molar-refractivity contribution in [2.75, 3.05) is 0 Å². The topological polar surface area (TPSA) is 110 Å². The molecule has 0 saturated heterocycles. The molecule has 0 spiro atoms. The number of fused-ring (bicyclic) bond motifs is 1. The Morgan fingerprint density at radius 3 is 2.64 bits per heavy atom. The van der Waals surface area contributed by atoms with E-state index in [4.69, 9.17) is 10.5 Å². The number of aliphatic hydroxyl groups excluding tert-OH is 1. The Kier molecular flexibility index (Phi) is 6.61. The van der Waals surface area contributed by atoms with Crippen molar-refractivity contribution in [2.24, 2.45) is 5.73 Å². The van der Waals surface area contributed by atoms with Gasteiger partial charge in [-0.3, -0.25) is 14.4 Å². The van der Waals surface area contributed by atoms with Crippen molar-refractivity contribution >= 4 is 17.8 Å². The molecule has 0 saturated carbocycles. The zero-order chi connectivity index (χ0) is 21.1. The summed E-state index contributed by atoms with van der Waals surface area (Å²) < 4.78 is 5.25. The van der Waals surface area contributed by atoms with Crippen LogP contribution in [-0.4, -0.2) is 39.4 Å². The number of carbonyl (C=O) groups is 3. The average Bonchev–Trinajstić information content (AvgIpc) is 2.89. The van der Waals surface area contributed by atoms with Crippen LogP contribution < -0.4 is 5.73 Å². The van der Waals surface area contributed by atoms with Gasteiger partial charge in [0.15, 0.2) is 0 Å². The average molecular weight is 388 g/mol. The molecule has 2 atom stereocenters. The van der Waals surface area contributed by atoms with Crippen molar-refractivity contribution < 1.29 is 24.2 Å². The first kappa shape index (κ1) is 21.6. The zero-order valence-electron chi connectivity index (χ0n) is 16.6. The number of carbonyl (C=O) groups excluding carboxylic acids is 3. The summed E-state index contributed by atoms with van der Waals surface area (Å²) in [5.41, 5.74) is 6.75. The fourth-order valence-electron chi connectivity index (χ4n) is 3.21. The van der Waals surface area contributed by atoms with Crippen LogP contribution in [0, 0.1) is 0 Å². The Morgan fingerprint density at radius 2 is 2.07 bits per heavy atom. The van der Waals surface area contributed by atoms with Crippen molar-refractivity contribution in [2.45, 2.75) is 64.3 Å². The van der Waals surface area contributed by atoms with Crippen LogP contribution in [-0.2, 0) is 20.9 Å². The van der Waals surface area contributed by atoms with E-state index in [1.807, 2.05) is 0 Å². The predicted octanol–water partition coefficient (Wildman–Crippen LogP) is 2.23. The lowest BCUT2D eigenvalue weighted by Gasteiger charge is -2.25. The first-order valence-electron chi connectivity index (χ1n) is 9.27. The summed E-state index contributed by atoms with van der Waals surface area (Å²) in [5, 5.41) is 10.1. The first-order valence-corrected chi connectivity index (χ1v) is 9.27. The van der Waals surface area contributed by atoms with E-state index in [1.54, 1.807) is 45.0 Å². The van der Waals surface area contributed by atoms with Crippen molar-refractivity contribution in [3.8, 4) is 0 Å². The van der Waals surface area contributed by atoms with Crippen LogP contribution in [0.4, 0.5) is 0 Å². The molecule has 1 aliphatic heterocycles. The molecule has 0 bridgehead atoms. The van der Waals surface area contributed by atoms with Crippen LogP contribution in [0.15, 0.2) is 30.9 Å². The summed E-state index contributed by atoms with van der Waals surface area (Å²) in [5.74, 6) is -1.43. The summed E-state index contributed by atoms with van der Waals surface area (Å²) in [7, 11) is 0. The quantitative estimate of drug-likeness (QED) is 0.524. The maximum Gasteiger partial charge on any atom is 0.306 e. The van der Waals surface area contributed by atoms with Crippen molar-refractivity contribution in [1.29, 1.82) is 0 Å². The van der Waals surface area contributed by atoms with Gasteiger partial charge in [-0.2, -0.15) is 0 Å². The number of amides is 2. The third kappa shape index (κ3) is 5.19. The molecular formula is C21H28N2O5. The van der Waals surface area contributed by atoms with Gasteiger partial charge < -0.3 is 20.5 Å². The molecule has 2 amide bonds. The Bertz CT molecular complexity index is 781. The van der Waals surface area contributed by atoms with Gasteiger partial charge in [0.1, 0.15) is 11.6 Å². The van der Waals surface area contributed by atoms with Crippen LogP contribution in [0.25, 0.3) is 0 Å². The van der Waals surface area contributed by atoms with Crippen molar-refractivity contribution in [3.05, 3.63) is 47.5 Å². The highest BCUT2D eigenvalue weighted by Crippen LogP contribution is 2.29. The van der Waals surface area contributed by atoms with E-state index in [9.17, 15) is 19.5 Å². The Labute approximate surface area is 165 Å². The number of nitrogens with two attached hydrogens (primary N) is 1. The Morgan fingerprint density at radius 1 is 1.39 bits per heavy atom. The minimum absolute atomic E-state index is 0.0195. The molecule has 0 aromatic heterocycles. The Hall–Kier alpha value is -2.67. The molecule has 7 heteroatoms. The molecule has 3 N–H and O–H groups in total. The molecule has 1 aromatic rings. The smallest absolute Gasteiger partial charge is 0.306 e. The monoisotopic (exact) mass is 388 g/mol. The number of aliphatic hydroxyl groups is 1. The number of nitrogens with zero attached hydrogens (tertiary/aromatic N) is 1. The van der Waals surface area contributed by atoms with Gasteiger partial charge in [-0.1, -0.05) is 18.2 Å². The van der Waals surface area contributed by atoms with Gasteiger partial charge >= 0.3 is 5.97 Å². The number of hydrogen-bond donors (Lipinski definition) is 2. The molecule has 0 fully saturated rings. The second kappa shape index (κ2) is 8.56. The normalized spacial score (nSPS) is 15.7. The number of primary amides is 1. The maximum atomic E-state index is 12.7. The Balaban J connectivity index is 2.13. The molecule has 28 heavy (non-hydrogen) atoms. The van der Waals surface area contributed by atoms with Gasteiger partial charge in [-0.05, 0) is 50.8 Å². The standard InChI is InChI=1S/C21H28N2O5/c1-5-6-17(24)13-7-8-15-14(11-13)12-23(20(15)27)16(19(22)26)9-10-18(25)28-21(2,3)4/h5,7-8,11,16-17,24H,1,6,9-10,12H2,2-4H3,(H2,22,26)/t16-,17?/m0/s1. The minimum atomic E-state index is -0.908. The SMILES string of the molecule is C=CCC(O)c1ccc2c(c1)CN([C@@H](CCC(=O)OC(C)(C)C)C(N)=O)C2=O. The molecule has 1 unspecified atom stereocenters. The number of esters is 1. The molecule has 2 rings (SSSR count). The number of rotatable bonds is 8. The minimum Gasteiger partial charge on any atom is -0.460 e. The summed E-state index contributed by atoms with van der Waals surface area (Å²) in [6, 6.07) is 4.18. The van der Waals surface area contributed by atoms with E-state index in [1.165, 1.54) is 4.90 Å². The fourth-order valence-corrected chi connectivity index (χ4v) is 3.21. The highest BCUT2D eigenvalue weighted by atomic mass is 16.6. The van der Waals surface area contributed by atoms with Gasteiger partial charge in [0.05, 0.1) is 6.10 Å². The third-order valence-electron chi connectivity index (χ3n) is 4.48. The van der Waals surface area contributed by atoms with Gasteiger partial charge in [0.2, 0.25) is 5.91 Å². The summed E-state index contributed by atoms with van der Waals surface area (Å²) in [6.45, 7) is 9.09. The summed E-state index contributed by atoms with van der Waals surface area (Å²) >= 11 is 0. The van der Waals surface area contributed by atoms with Crippen LogP contribution in [0.2, 0.25) is 0 Å². The van der Waals surface area contributed by atoms with Gasteiger partial charge in [-0.25, -0.2) is 0 Å². The highest BCUT2D eigenvalue weighted by Gasteiger charge is 2.36. The van der Waals surface area contributed by atoms with E-state index in [0.29, 0.717) is 23.1 Å². The second-order valence-electron chi connectivity index (χ2n) is 7.93. The zero-order valence-corrected chi connectivity index (χ0v) is 16.6. The largest absolute Gasteiger partial charge is 0.460 e. The maximum absolute atomic E-state index is 12.7. The van der Waals surface area contributed by atoms with E-state index in [2.05, 4.69) is 6.58 Å². The molecule has 1 heterocycles. The predicted molar refractivity (Wildman–Crippen MR) is 104 cm³/mol. The number of benzene rings is 1. The number of ether oxygens (including phenoxy) is 1. The van der Waals surface area contributed by atoms with Crippen LogP contribution in [0.5, 0.6) is 0 Å². The number of hydrogen-bond acceptors (Lipinski definition) is 5. The van der Waals surface area contributed by atoms with E-state index in [-0.39, 0.29) is 25.3 Å². The lowest BCUT2D eigenvalue weighted by molar-refractivity contribution is -0.155. The molecule has 152 valence electrons. The van der Waals surface area contributed by atoms with E-state index >= 15 is 0 Å². The lowest BCUT2D eigenvalue weighted by Crippen LogP contribution is -2.45. The molecule has 0 aliphatic carbocycles. The van der Waals surface area contributed by atoms with Crippen molar-refractivity contribution in [1.82, 2.24) is 4.90 Å². The third-order valence-corrected chi connectivity index (χ3v) is 4.48. The fraction of sp³-hybridized carbons (Fsp3) is 0.476. The van der Waals surface area contributed by atoms with Gasteiger partial charge in [0.25, 0.3) is 5.91 Å². The highest BCUT2D eigenvalue weighted by molar-refractivity contribution is 6.01. The van der Waals surface area contributed by atoms with E-state index in [0.717, 1.165) is 0 Å². The molecule has 7 nitrogen and oxygen atoms in total. The van der Waals surface area contributed by atoms with Crippen LogP contribution in [0.1, 0.15) is 67.6 Å². The van der Waals surface area contributed by atoms with Crippen LogP contribution in [0.3, 0.4) is 0 Å². The molecular weight excluding hydrogens is 360 g/mol.